The van der Waals surface area contributed by atoms with Gasteiger partial charge in [-0.2, -0.15) is 22.9 Å². The van der Waals surface area contributed by atoms with Gasteiger partial charge in [-0.15, -0.1) is 0 Å². The summed E-state index contributed by atoms with van der Waals surface area (Å²) in [5.74, 6) is -2.19. The van der Waals surface area contributed by atoms with Gasteiger partial charge >= 0.3 is 6.18 Å². The molecule has 1 amide bonds. The fourth-order valence-electron chi connectivity index (χ4n) is 2.73. The van der Waals surface area contributed by atoms with Crippen LogP contribution in [0.2, 0.25) is 0 Å². The maximum absolute atomic E-state index is 13.5. The number of halogens is 4. The minimum Gasteiger partial charge on any atom is -0.320 e. The molecule has 0 saturated carbocycles. The molecule has 3 aromatic rings. The van der Waals surface area contributed by atoms with E-state index >= 15 is 0 Å². The van der Waals surface area contributed by atoms with Crippen molar-refractivity contribution in [3.63, 3.8) is 0 Å². The first-order chi connectivity index (χ1) is 12.8. The molecule has 2 aromatic carbocycles. The van der Waals surface area contributed by atoms with Gasteiger partial charge < -0.3 is 5.32 Å². The van der Waals surface area contributed by atoms with Gasteiger partial charge in [-0.3, -0.25) is 9.59 Å². The Labute approximate surface area is 162 Å². The van der Waals surface area contributed by atoms with E-state index in [0.29, 0.717) is 14.8 Å². The van der Waals surface area contributed by atoms with Crippen LogP contribution in [0.5, 0.6) is 0 Å². The van der Waals surface area contributed by atoms with Crippen LogP contribution < -0.4 is 10.9 Å². The molecule has 1 aliphatic heterocycles. The zero-order valence-electron chi connectivity index (χ0n) is 13.2. The third-order valence-electron chi connectivity index (χ3n) is 3.91. The molecular weight excluding hydrogens is 476 g/mol. The van der Waals surface area contributed by atoms with Crippen molar-refractivity contribution in [2.24, 2.45) is 5.10 Å². The number of aromatic nitrogens is 2. The number of hydrogen-bond donors (Lipinski definition) is 1. The molecule has 0 bridgehead atoms. The van der Waals surface area contributed by atoms with Crippen molar-refractivity contribution in [2.45, 2.75) is 6.18 Å². The van der Waals surface area contributed by atoms with Crippen molar-refractivity contribution in [1.82, 2.24) is 9.66 Å². The Kier molecular flexibility index (Phi) is 4.02. The monoisotopic (exact) mass is 484 g/mol. The number of para-hydroxylation sites is 1. The number of carbonyl (C=O) groups is 1. The summed E-state index contributed by atoms with van der Waals surface area (Å²) < 4.78 is 41.3. The second-order valence-corrected chi connectivity index (χ2v) is 6.91. The zero-order valence-corrected chi connectivity index (χ0v) is 15.4. The summed E-state index contributed by atoms with van der Waals surface area (Å²) in [6.07, 6.45) is -4.94. The molecule has 2 heterocycles. The molecule has 1 aliphatic rings. The topological polar surface area (TPSA) is 76.3 Å². The van der Waals surface area contributed by atoms with Gasteiger partial charge in [0.25, 0.3) is 11.5 Å². The van der Waals surface area contributed by atoms with Gasteiger partial charge in [0.15, 0.2) is 5.71 Å². The molecule has 0 unspecified atom stereocenters. The first-order valence-electron chi connectivity index (χ1n) is 7.55. The molecule has 1 N–H and O–H groups in total. The van der Waals surface area contributed by atoms with E-state index in [9.17, 15) is 22.8 Å². The molecule has 0 radical (unpaired) electrons. The lowest BCUT2D eigenvalue weighted by Crippen LogP contribution is -2.29. The third-order valence-corrected chi connectivity index (χ3v) is 4.58. The van der Waals surface area contributed by atoms with E-state index in [4.69, 9.17) is 0 Å². The minimum absolute atomic E-state index is 0.0223. The average Bonchev–Trinajstić information content (AvgIpc) is 2.92. The summed E-state index contributed by atoms with van der Waals surface area (Å²) in [6.45, 7) is 0. The van der Waals surface area contributed by atoms with E-state index in [1.54, 1.807) is 24.3 Å². The van der Waals surface area contributed by atoms with Crippen LogP contribution in [-0.2, 0) is 11.0 Å². The van der Waals surface area contributed by atoms with Crippen molar-refractivity contribution in [3.8, 4) is 0 Å². The number of alkyl halides is 3. The SMILES string of the molecule is O=C1Nc2ccccc2C1=Nn1c(C(F)(F)F)nc2ccc(I)cc2c1=O. The number of benzene rings is 2. The minimum atomic E-state index is -4.94. The molecule has 136 valence electrons. The summed E-state index contributed by atoms with van der Waals surface area (Å²) >= 11 is 1.94. The standard InChI is InChI=1S/C17H8F3IN4O2/c18-17(19,20)16-23-12-6-5-8(21)7-10(12)15(27)25(16)24-13-9-3-1-2-4-11(9)22-14(13)26/h1-7H,(H,22,24,26). The van der Waals surface area contributed by atoms with E-state index in [0.717, 1.165) is 0 Å². The number of fused-ring (bicyclic) bond motifs is 2. The van der Waals surface area contributed by atoms with Gasteiger partial charge in [0, 0.05) is 9.13 Å². The Morgan fingerprint density at radius 1 is 1.11 bits per heavy atom. The van der Waals surface area contributed by atoms with Crippen LogP contribution in [0.1, 0.15) is 11.4 Å². The Morgan fingerprint density at radius 2 is 1.85 bits per heavy atom. The molecule has 0 fully saturated rings. The molecule has 6 nitrogen and oxygen atoms in total. The van der Waals surface area contributed by atoms with E-state index in [1.165, 1.54) is 18.2 Å². The van der Waals surface area contributed by atoms with Crippen LogP contribution in [0.4, 0.5) is 18.9 Å². The molecule has 0 atom stereocenters. The van der Waals surface area contributed by atoms with E-state index < -0.39 is 23.5 Å². The van der Waals surface area contributed by atoms with Crippen molar-refractivity contribution in [2.75, 3.05) is 5.32 Å². The number of rotatable bonds is 1. The van der Waals surface area contributed by atoms with E-state index in [-0.39, 0.29) is 21.3 Å². The number of nitrogens with zero attached hydrogens (tertiary/aromatic N) is 3. The fourth-order valence-corrected chi connectivity index (χ4v) is 3.22. The van der Waals surface area contributed by atoms with Crippen molar-refractivity contribution >= 4 is 50.8 Å². The van der Waals surface area contributed by atoms with Gasteiger partial charge in [-0.1, -0.05) is 18.2 Å². The highest BCUT2D eigenvalue weighted by molar-refractivity contribution is 14.1. The first-order valence-corrected chi connectivity index (χ1v) is 8.63. The Morgan fingerprint density at radius 3 is 2.59 bits per heavy atom. The molecule has 0 spiro atoms. The number of anilines is 1. The van der Waals surface area contributed by atoms with Crippen molar-refractivity contribution in [3.05, 3.63) is 67.8 Å². The number of amides is 1. The fraction of sp³-hybridized carbons (Fsp3) is 0.0588. The van der Waals surface area contributed by atoms with Gasteiger partial charge in [-0.05, 0) is 46.9 Å². The molecule has 1 aromatic heterocycles. The summed E-state index contributed by atoms with van der Waals surface area (Å²) in [4.78, 5) is 28.5. The van der Waals surface area contributed by atoms with Crippen LogP contribution in [0.15, 0.2) is 52.4 Å². The highest BCUT2D eigenvalue weighted by Crippen LogP contribution is 2.29. The summed E-state index contributed by atoms with van der Waals surface area (Å²) in [5.41, 5.74) is -0.669. The highest BCUT2D eigenvalue weighted by atomic mass is 127. The summed E-state index contributed by atoms with van der Waals surface area (Å²) in [5, 5.41) is 6.23. The average molecular weight is 484 g/mol. The second-order valence-electron chi connectivity index (χ2n) is 5.66. The highest BCUT2D eigenvalue weighted by Gasteiger charge is 2.38. The van der Waals surface area contributed by atoms with E-state index in [2.05, 4.69) is 15.4 Å². The normalized spacial score (nSPS) is 15.3. The van der Waals surface area contributed by atoms with Crippen LogP contribution in [0.3, 0.4) is 0 Å². The first kappa shape index (κ1) is 17.6. The second kappa shape index (κ2) is 6.15. The van der Waals surface area contributed by atoms with Crippen molar-refractivity contribution in [1.29, 1.82) is 0 Å². The van der Waals surface area contributed by atoms with Crippen LogP contribution in [-0.4, -0.2) is 21.3 Å². The van der Waals surface area contributed by atoms with Gasteiger partial charge in [-0.25, -0.2) is 4.98 Å². The van der Waals surface area contributed by atoms with E-state index in [1.807, 2.05) is 22.6 Å². The molecular formula is C17H8F3IN4O2. The largest absolute Gasteiger partial charge is 0.451 e. The van der Waals surface area contributed by atoms with Crippen LogP contribution in [0.25, 0.3) is 10.9 Å². The zero-order chi connectivity index (χ0) is 19.3. The molecule has 4 rings (SSSR count). The van der Waals surface area contributed by atoms with Gasteiger partial charge in [0.2, 0.25) is 5.82 Å². The number of hydrogen-bond acceptors (Lipinski definition) is 4. The van der Waals surface area contributed by atoms with Gasteiger partial charge in [0.1, 0.15) is 0 Å². The van der Waals surface area contributed by atoms with Crippen LogP contribution >= 0.6 is 22.6 Å². The lowest BCUT2D eigenvalue weighted by atomic mass is 10.1. The Balaban J connectivity index is 2.05. The third kappa shape index (κ3) is 2.99. The predicted molar refractivity (Wildman–Crippen MR) is 101 cm³/mol. The maximum atomic E-state index is 13.5. The number of nitrogens with one attached hydrogen (secondary N) is 1. The van der Waals surface area contributed by atoms with Crippen molar-refractivity contribution < 1.29 is 18.0 Å². The molecule has 0 aliphatic carbocycles. The Bertz CT molecular complexity index is 1200. The van der Waals surface area contributed by atoms with Gasteiger partial charge in [0.05, 0.1) is 16.6 Å². The summed E-state index contributed by atoms with van der Waals surface area (Å²) in [6, 6.07) is 10.7. The lowest BCUT2D eigenvalue weighted by molar-refractivity contribution is -0.147. The van der Waals surface area contributed by atoms with Crippen LogP contribution in [0, 0.1) is 3.57 Å². The maximum Gasteiger partial charge on any atom is 0.451 e. The molecule has 10 heteroatoms. The lowest BCUT2D eigenvalue weighted by Gasteiger charge is -2.12. The Hall–Kier alpha value is -2.76. The molecule has 27 heavy (non-hydrogen) atoms. The quantitative estimate of drug-likeness (QED) is 0.540. The smallest absolute Gasteiger partial charge is 0.320 e. The molecule has 0 saturated heterocycles. The predicted octanol–water partition coefficient (Wildman–Crippen LogP) is 3.22. The summed E-state index contributed by atoms with van der Waals surface area (Å²) in [7, 11) is 0. The number of carbonyl (C=O) groups excluding carboxylic acids is 1.